The van der Waals surface area contributed by atoms with Gasteiger partial charge in [0.2, 0.25) is 0 Å². The maximum absolute atomic E-state index is 14.5. The van der Waals surface area contributed by atoms with Crippen molar-refractivity contribution in [2.75, 3.05) is 17.3 Å². The summed E-state index contributed by atoms with van der Waals surface area (Å²) >= 11 is 1.28. The molecule has 0 aromatic heterocycles. The van der Waals surface area contributed by atoms with E-state index in [1.807, 2.05) is 0 Å². The van der Waals surface area contributed by atoms with Crippen LogP contribution < -0.4 is 5.32 Å². The van der Waals surface area contributed by atoms with E-state index >= 15 is 0 Å². The van der Waals surface area contributed by atoms with Crippen molar-refractivity contribution in [3.05, 3.63) is 83.2 Å². The van der Waals surface area contributed by atoms with Gasteiger partial charge in [-0.15, -0.1) is 11.8 Å². The lowest BCUT2D eigenvalue weighted by atomic mass is 10.1. The van der Waals surface area contributed by atoms with Crippen molar-refractivity contribution in [2.45, 2.75) is 22.4 Å². The van der Waals surface area contributed by atoms with E-state index in [-0.39, 0.29) is 22.6 Å². The quantitative estimate of drug-likeness (QED) is 0.246. The fourth-order valence-corrected chi connectivity index (χ4v) is 4.68. The number of aryl methyl sites for hydroxylation is 1. The van der Waals surface area contributed by atoms with Crippen LogP contribution in [0.4, 0.5) is 23.2 Å². The Bertz CT molecular complexity index is 1310. The Morgan fingerprint density at radius 1 is 1.03 bits per heavy atom. The molecule has 3 rings (SSSR count). The number of carbonyl (C=O) groups excluding carboxylic acids is 1. The summed E-state index contributed by atoms with van der Waals surface area (Å²) in [4.78, 5) is 12.7. The SMILES string of the molecule is CS(=O)(=O)c1cc(NC(=O)c2ccc(CCSc3ccc(C(F)(F)F)cc3)c(F)c2)ccc1O. The Hall–Kier alpha value is -3.05. The molecule has 3 aromatic carbocycles. The zero-order valence-corrected chi connectivity index (χ0v) is 19.3. The minimum atomic E-state index is -4.40. The molecule has 0 fully saturated rings. The highest BCUT2D eigenvalue weighted by Crippen LogP contribution is 2.31. The van der Waals surface area contributed by atoms with Gasteiger partial charge < -0.3 is 10.4 Å². The molecule has 11 heteroatoms. The molecule has 0 aliphatic rings. The van der Waals surface area contributed by atoms with Gasteiger partial charge in [-0.05, 0) is 66.6 Å². The Morgan fingerprint density at radius 3 is 2.29 bits per heavy atom. The lowest BCUT2D eigenvalue weighted by Crippen LogP contribution is -2.13. The Kier molecular flexibility index (Phi) is 7.57. The Labute approximate surface area is 197 Å². The second-order valence-electron chi connectivity index (χ2n) is 7.34. The topological polar surface area (TPSA) is 83.5 Å². The van der Waals surface area contributed by atoms with Crippen LogP contribution in [0.5, 0.6) is 5.75 Å². The predicted molar refractivity (Wildman–Crippen MR) is 121 cm³/mol. The molecule has 5 nitrogen and oxygen atoms in total. The number of phenols is 1. The highest BCUT2D eigenvalue weighted by Gasteiger charge is 2.29. The number of carbonyl (C=O) groups is 1. The molecule has 1 amide bonds. The normalized spacial score (nSPS) is 11.9. The fraction of sp³-hybridized carbons (Fsp3) is 0.174. The number of amides is 1. The van der Waals surface area contributed by atoms with Gasteiger partial charge in [0.25, 0.3) is 5.91 Å². The van der Waals surface area contributed by atoms with Gasteiger partial charge in [0.15, 0.2) is 9.84 Å². The van der Waals surface area contributed by atoms with Crippen LogP contribution in [0.15, 0.2) is 70.5 Å². The smallest absolute Gasteiger partial charge is 0.416 e. The molecule has 34 heavy (non-hydrogen) atoms. The van der Waals surface area contributed by atoms with Gasteiger partial charge >= 0.3 is 6.18 Å². The van der Waals surface area contributed by atoms with Crippen LogP contribution in [-0.2, 0) is 22.4 Å². The molecule has 180 valence electrons. The number of alkyl halides is 3. The first-order valence-corrected chi connectivity index (χ1v) is 12.7. The predicted octanol–water partition coefficient (Wildman–Crippen LogP) is 5.54. The number of nitrogens with one attached hydrogen (secondary N) is 1. The number of halogens is 4. The second kappa shape index (κ2) is 10.1. The lowest BCUT2D eigenvalue weighted by Gasteiger charge is -2.10. The van der Waals surface area contributed by atoms with E-state index in [9.17, 15) is 35.9 Å². The molecule has 0 heterocycles. The minimum Gasteiger partial charge on any atom is -0.507 e. The maximum Gasteiger partial charge on any atom is 0.416 e. The number of hydrogen-bond donors (Lipinski definition) is 2. The van der Waals surface area contributed by atoms with Crippen molar-refractivity contribution in [3.8, 4) is 5.75 Å². The number of hydrogen-bond acceptors (Lipinski definition) is 5. The molecule has 0 spiro atoms. The van der Waals surface area contributed by atoms with Crippen LogP contribution in [0.2, 0.25) is 0 Å². The van der Waals surface area contributed by atoms with Gasteiger partial charge in [-0.3, -0.25) is 4.79 Å². The van der Waals surface area contributed by atoms with Gasteiger partial charge in [-0.2, -0.15) is 13.2 Å². The molecule has 3 aromatic rings. The first-order valence-electron chi connectivity index (χ1n) is 9.77. The van der Waals surface area contributed by atoms with E-state index in [0.717, 1.165) is 36.6 Å². The second-order valence-corrected chi connectivity index (χ2v) is 10.5. The molecule has 0 saturated carbocycles. The van der Waals surface area contributed by atoms with E-state index in [0.29, 0.717) is 16.2 Å². The molecular formula is C23H19F4NO4S2. The molecule has 0 bridgehead atoms. The van der Waals surface area contributed by atoms with Crippen molar-refractivity contribution in [1.82, 2.24) is 0 Å². The zero-order chi connectivity index (χ0) is 25.1. The standard InChI is InChI=1S/C23H19F4NO4S2/c1-34(31,32)21-13-17(6-9-20(21)29)28-22(30)15-3-2-14(19(24)12-15)10-11-33-18-7-4-16(5-8-18)23(25,26)27/h2-9,12-13,29H,10-11H2,1H3,(H,28,30). The summed E-state index contributed by atoms with van der Waals surface area (Å²) in [5, 5.41) is 12.1. The number of thioether (sulfide) groups is 1. The monoisotopic (exact) mass is 513 g/mol. The number of rotatable bonds is 7. The molecule has 0 radical (unpaired) electrons. The summed E-state index contributed by atoms with van der Waals surface area (Å²) in [7, 11) is -3.72. The van der Waals surface area contributed by atoms with Crippen molar-refractivity contribution >= 4 is 33.2 Å². The van der Waals surface area contributed by atoms with E-state index < -0.39 is 39.1 Å². The van der Waals surface area contributed by atoms with E-state index in [1.54, 1.807) is 0 Å². The average Bonchev–Trinajstić information content (AvgIpc) is 2.75. The first kappa shape index (κ1) is 25.6. The van der Waals surface area contributed by atoms with Crippen LogP contribution in [0.25, 0.3) is 0 Å². The molecule has 0 aliphatic carbocycles. The largest absolute Gasteiger partial charge is 0.507 e. The third kappa shape index (κ3) is 6.51. The average molecular weight is 514 g/mol. The molecular weight excluding hydrogens is 494 g/mol. The molecule has 0 saturated heterocycles. The number of phenolic OH excluding ortho intramolecular Hbond substituents is 1. The number of sulfone groups is 1. The first-order chi connectivity index (χ1) is 15.8. The fourth-order valence-electron chi connectivity index (χ4n) is 3.00. The van der Waals surface area contributed by atoms with Crippen LogP contribution in [0.3, 0.4) is 0 Å². The van der Waals surface area contributed by atoms with Gasteiger partial charge in [-0.1, -0.05) is 6.07 Å². The molecule has 0 unspecified atom stereocenters. The van der Waals surface area contributed by atoms with Gasteiger partial charge in [0.1, 0.15) is 16.5 Å². The number of benzene rings is 3. The summed E-state index contributed by atoms with van der Waals surface area (Å²) in [6, 6.07) is 12.1. The van der Waals surface area contributed by atoms with Crippen molar-refractivity contribution in [2.24, 2.45) is 0 Å². The van der Waals surface area contributed by atoms with Crippen LogP contribution >= 0.6 is 11.8 Å². The van der Waals surface area contributed by atoms with E-state index in [1.165, 1.54) is 42.1 Å². The van der Waals surface area contributed by atoms with Gasteiger partial charge in [0.05, 0.1) is 5.56 Å². The van der Waals surface area contributed by atoms with Gasteiger partial charge in [-0.25, -0.2) is 12.8 Å². The summed E-state index contributed by atoms with van der Waals surface area (Å²) in [6.07, 6.45) is -3.20. The zero-order valence-electron chi connectivity index (χ0n) is 17.7. The molecule has 2 N–H and O–H groups in total. The van der Waals surface area contributed by atoms with Crippen molar-refractivity contribution < 1.29 is 35.9 Å². The lowest BCUT2D eigenvalue weighted by molar-refractivity contribution is -0.137. The highest BCUT2D eigenvalue weighted by molar-refractivity contribution is 7.99. The summed E-state index contributed by atoms with van der Waals surface area (Å²) in [5.74, 6) is -1.33. The maximum atomic E-state index is 14.5. The Balaban J connectivity index is 1.62. The summed E-state index contributed by atoms with van der Waals surface area (Å²) in [6.45, 7) is 0. The van der Waals surface area contributed by atoms with E-state index in [2.05, 4.69) is 5.32 Å². The van der Waals surface area contributed by atoms with Crippen LogP contribution in [0, 0.1) is 5.82 Å². The van der Waals surface area contributed by atoms with Crippen molar-refractivity contribution in [1.29, 1.82) is 0 Å². The van der Waals surface area contributed by atoms with Crippen LogP contribution in [0.1, 0.15) is 21.5 Å². The highest BCUT2D eigenvalue weighted by atomic mass is 32.2. The van der Waals surface area contributed by atoms with Crippen molar-refractivity contribution in [3.63, 3.8) is 0 Å². The summed E-state index contributed by atoms with van der Waals surface area (Å²) in [5.41, 5.74) is -0.289. The van der Waals surface area contributed by atoms with Gasteiger partial charge in [0, 0.05) is 28.2 Å². The third-order valence-corrected chi connectivity index (χ3v) is 6.89. The minimum absolute atomic E-state index is 0.00521. The molecule has 0 aliphatic heterocycles. The number of anilines is 1. The third-order valence-electron chi connectivity index (χ3n) is 4.75. The van der Waals surface area contributed by atoms with Crippen LogP contribution in [-0.4, -0.2) is 31.4 Å². The van der Waals surface area contributed by atoms with E-state index in [4.69, 9.17) is 0 Å². The Morgan fingerprint density at radius 2 is 1.71 bits per heavy atom. The summed E-state index contributed by atoms with van der Waals surface area (Å²) < 4.78 is 75.8. The molecule has 0 atom stereocenters. The number of aromatic hydroxyl groups is 1.